The van der Waals surface area contributed by atoms with Crippen LogP contribution in [0.1, 0.15) is 74.7 Å². The van der Waals surface area contributed by atoms with Crippen molar-refractivity contribution in [2.45, 2.75) is 80.8 Å². The summed E-state index contributed by atoms with van der Waals surface area (Å²) in [6.07, 6.45) is 0.558. The van der Waals surface area contributed by atoms with Gasteiger partial charge in [0.1, 0.15) is 0 Å². The first-order valence-corrected chi connectivity index (χ1v) is 7.60. The SMILES string of the molecule is CC(C)OC(=O)C(CC(=O)O)(CC(C)(C)C)CC(C)(C)C. The van der Waals surface area contributed by atoms with Crippen molar-refractivity contribution >= 4 is 11.9 Å². The van der Waals surface area contributed by atoms with Crippen LogP contribution in [0.25, 0.3) is 0 Å². The van der Waals surface area contributed by atoms with Crippen LogP contribution < -0.4 is 0 Å². The lowest BCUT2D eigenvalue weighted by atomic mass is 9.64. The summed E-state index contributed by atoms with van der Waals surface area (Å²) in [5.74, 6) is -1.34. The maximum absolute atomic E-state index is 12.7. The van der Waals surface area contributed by atoms with Crippen LogP contribution in [0.3, 0.4) is 0 Å². The molecule has 0 bridgehead atoms. The van der Waals surface area contributed by atoms with Gasteiger partial charge >= 0.3 is 11.9 Å². The number of carbonyl (C=O) groups excluding carboxylic acids is 1. The third kappa shape index (κ3) is 8.08. The maximum atomic E-state index is 12.7. The molecule has 0 aromatic carbocycles. The van der Waals surface area contributed by atoms with E-state index >= 15 is 0 Å². The molecule has 4 heteroatoms. The van der Waals surface area contributed by atoms with Crippen molar-refractivity contribution in [3.05, 3.63) is 0 Å². The Balaban J connectivity index is 5.70. The maximum Gasteiger partial charge on any atom is 0.312 e. The molecule has 0 aliphatic heterocycles. The number of hydrogen-bond donors (Lipinski definition) is 1. The van der Waals surface area contributed by atoms with Crippen LogP contribution in [0.5, 0.6) is 0 Å². The van der Waals surface area contributed by atoms with Gasteiger partial charge in [0.05, 0.1) is 17.9 Å². The Labute approximate surface area is 129 Å². The molecule has 0 aromatic rings. The van der Waals surface area contributed by atoms with E-state index in [9.17, 15) is 14.7 Å². The Morgan fingerprint density at radius 2 is 1.33 bits per heavy atom. The molecule has 0 saturated carbocycles. The number of rotatable bonds is 6. The summed E-state index contributed by atoms with van der Waals surface area (Å²) in [6.45, 7) is 15.7. The van der Waals surface area contributed by atoms with E-state index in [1.165, 1.54) is 0 Å². The molecule has 21 heavy (non-hydrogen) atoms. The fourth-order valence-corrected chi connectivity index (χ4v) is 3.06. The summed E-state index contributed by atoms with van der Waals surface area (Å²) in [4.78, 5) is 24.1. The molecule has 0 heterocycles. The number of carboxylic acid groups (broad SMARTS) is 1. The van der Waals surface area contributed by atoms with Crippen LogP contribution in [0, 0.1) is 16.2 Å². The number of ether oxygens (including phenoxy) is 1. The lowest BCUT2D eigenvalue weighted by Crippen LogP contribution is -2.42. The number of carboxylic acids is 1. The average molecular weight is 300 g/mol. The number of esters is 1. The van der Waals surface area contributed by atoms with E-state index in [1.807, 2.05) is 41.5 Å². The van der Waals surface area contributed by atoms with E-state index in [0.29, 0.717) is 12.8 Å². The Hall–Kier alpha value is -1.06. The van der Waals surface area contributed by atoms with E-state index in [0.717, 1.165) is 0 Å². The molecule has 0 saturated heterocycles. The van der Waals surface area contributed by atoms with Crippen molar-refractivity contribution in [2.24, 2.45) is 16.2 Å². The molecule has 0 rings (SSSR count). The van der Waals surface area contributed by atoms with Crippen molar-refractivity contribution in [1.29, 1.82) is 0 Å². The van der Waals surface area contributed by atoms with E-state index < -0.39 is 11.4 Å². The van der Waals surface area contributed by atoms with E-state index in [1.54, 1.807) is 13.8 Å². The Kier molecular flexibility index (Phi) is 6.46. The lowest BCUT2D eigenvalue weighted by molar-refractivity contribution is -0.169. The van der Waals surface area contributed by atoms with Gasteiger partial charge in [0, 0.05) is 0 Å². The molecule has 0 spiro atoms. The highest BCUT2D eigenvalue weighted by atomic mass is 16.5. The zero-order valence-corrected chi connectivity index (χ0v) is 14.9. The second kappa shape index (κ2) is 6.80. The van der Waals surface area contributed by atoms with Crippen LogP contribution in [0.15, 0.2) is 0 Å². The Morgan fingerprint density at radius 1 is 0.952 bits per heavy atom. The first-order chi connectivity index (χ1) is 9.17. The quantitative estimate of drug-likeness (QED) is 0.744. The molecule has 0 radical (unpaired) electrons. The first kappa shape index (κ1) is 19.9. The molecule has 0 amide bonds. The van der Waals surface area contributed by atoms with E-state index in [2.05, 4.69) is 0 Å². The highest BCUT2D eigenvalue weighted by Crippen LogP contribution is 2.46. The normalized spacial score (nSPS) is 13.4. The summed E-state index contributed by atoms with van der Waals surface area (Å²) < 4.78 is 5.41. The average Bonchev–Trinajstić information content (AvgIpc) is 2.08. The third-order valence-corrected chi connectivity index (χ3v) is 3.00. The number of hydrogen-bond acceptors (Lipinski definition) is 3. The predicted molar refractivity (Wildman–Crippen MR) is 84.1 cm³/mol. The van der Waals surface area contributed by atoms with Crippen LogP contribution in [0.4, 0.5) is 0 Å². The van der Waals surface area contributed by atoms with Gasteiger partial charge in [-0.15, -0.1) is 0 Å². The second-order valence-corrected chi connectivity index (χ2v) is 8.78. The smallest absolute Gasteiger partial charge is 0.312 e. The molecule has 0 aromatic heterocycles. The zero-order valence-electron chi connectivity index (χ0n) is 14.9. The van der Waals surface area contributed by atoms with Crippen LogP contribution in [0.2, 0.25) is 0 Å². The first-order valence-electron chi connectivity index (χ1n) is 7.60. The van der Waals surface area contributed by atoms with Gasteiger partial charge in [0.15, 0.2) is 0 Å². The summed E-state index contributed by atoms with van der Waals surface area (Å²) in [5.41, 5.74) is -1.29. The molecular formula is C17H32O4. The molecule has 4 nitrogen and oxygen atoms in total. The highest BCUT2D eigenvalue weighted by molar-refractivity contribution is 5.83. The van der Waals surface area contributed by atoms with Crippen LogP contribution in [-0.2, 0) is 14.3 Å². The largest absolute Gasteiger partial charge is 0.481 e. The number of carbonyl (C=O) groups is 2. The van der Waals surface area contributed by atoms with Gasteiger partial charge in [0.25, 0.3) is 0 Å². The van der Waals surface area contributed by atoms with Gasteiger partial charge in [-0.3, -0.25) is 9.59 Å². The highest BCUT2D eigenvalue weighted by Gasteiger charge is 2.47. The fourth-order valence-electron chi connectivity index (χ4n) is 3.06. The monoisotopic (exact) mass is 300 g/mol. The third-order valence-electron chi connectivity index (χ3n) is 3.00. The summed E-state index contributed by atoms with van der Waals surface area (Å²) in [5, 5.41) is 9.32. The van der Waals surface area contributed by atoms with Gasteiger partial charge in [-0.05, 0) is 37.5 Å². The minimum Gasteiger partial charge on any atom is -0.481 e. The Bertz CT molecular complexity index is 353. The summed E-state index contributed by atoms with van der Waals surface area (Å²) in [6, 6.07) is 0. The minimum absolute atomic E-state index is 0.156. The van der Waals surface area contributed by atoms with E-state index in [-0.39, 0.29) is 29.3 Å². The molecular weight excluding hydrogens is 268 g/mol. The zero-order chi connectivity index (χ0) is 17.1. The van der Waals surface area contributed by atoms with Crippen molar-refractivity contribution in [1.82, 2.24) is 0 Å². The molecule has 0 aliphatic carbocycles. The second-order valence-electron chi connectivity index (χ2n) is 8.78. The number of aliphatic carboxylic acids is 1. The van der Waals surface area contributed by atoms with Gasteiger partial charge < -0.3 is 9.84 Å². The predicted octanol–water partition coefficient (Wildman–Crippen LogP) is 4.27. The molecule has 124 valence electrons. The van der Waals surface area contributed by atoms with Crippen molar-refractivity contribution in [3.63, 3.8) is 0 Å². The topological polar surface area (TPSA) is 63.6 Å². The Morgan fingerprint density at radius 3 is 1.57 bits per heavy atom. The van der Waals surface area contributed by atoms with Gasteiger partial charge in [-0.2, -0.15) is 0 Å². The standard InChI is InChI=1S/C17H32O4/c1-12(2)21-14(20)17(9-13(18)19,10-15(3,4)5)11-16(6,7)8/h12H,9-11H2,1-8H3,(H,18,19). The molecule has 0 unspecified atom stereocenters. The van der Waals surface area contributed by atoms with Gasteiger partial charge in [-0.25, -0.2) is 0 Å². The molecule has 1 N–H and O–H groups in total. The lowest BCUT2D eigenvalue weighted by Gasteiger charge is -2.40. The molecule has 0 fully saturated rings. The van der Waals surface area contributed by atoms with Gasteiger partial charge in [-0.1, -0.05) is 41.5 Å². The van der Waals surface area contributed by atoms with Crippen LogP contribution >= 0.6 is 0 Å². The van der Waals surface area contributed by atoms with Crippen molar-refractivity contribution in [3.8, 4) is 0 Å². The molecule has 0 atom stereocenters. The van der Waals surface area contributed by atoms with E-state index in [4.69, 9.17) is 4.74 Å². The van der Waals surface area contributed by atoms with Gasteiger partial charge in [0.2, 0.25) is 0 Å². The minimum atomic E-state index is -0.980. The van der Waals surface area contributed by atoms with Crippen molar-refractivity contribution in [2.75, 3.05) is 0 Å². The fraction of sp³-hybridized carbons (Fsp3) is 0.882. The summed E-state index contributed by atoms with van der Waals surface area (Å²) >= 11 is 0. The molecule has 0 aliphatic rings. The summed E-state index contributed by atoms with van der Waals surface area (Å²) in [7, 11) is 0. The van der Waals surface area contributed by atoms with Crippen molar-refractivity contribution < 1.29 is 19.4 Å². The van der Waals surface area contributed by atoms with Crippen LogP contribution in [-0.4, -0.2) is 23.1 Å².